The second-order valence-corrected chi connectivity index (χ2v) is 8.63. The van der Waals surface area contributed by atoms with Crippen LogP contribution in [0.1, 0.15) is 43.6 Å². The van der Waals surface area contributed by atoms with Crippen molar-refractivity contribution in [2.45, 2.75) is 39.2 Å². The van der Waals surface area contributed by atoms with Gasteiger partial charge in [0.15, 0.2) is 23.6 Å². The van der Waals surface area contributed by atoms with Crippen LogP contribution in [-0.4, -0.2) is 42.9 Å². The van der Waals surface area contributed by atoms with E-state index in [0.29, 0.717) is 11.6 Å². The summed E-state index contributed by atoms with van der Waals surface area (Å²) in [6.07, 6.45) is -1.31. The molecule has 2 rings (SSSR count). The summed E-state index contributed by atoms with van der Waals surface area (Å²) in [5, 5.41) is 6.53. The van der Waals surface area contributed by atoms with E-state index in [9.17, 15) is 32.3 Å². The molecule has 0 aliphatic carbocycles. The summed E-state index contributed by atoms with van der Waals surface area (Å²) in [6.45, 7) is 6.21. The van der Waals surface area contributed by atoms with Gasteiger partial charge in [0, 0.05) is 5.56 Å². The number of benzene rings is 2. The third-order valence-electron chi connectivity index (χ3n) is 4.82. The number of amides is 3. The van der Waals surface area contributed by atoms with E-state index in [2.05, 4.69) is 10.6 Å². The van der Waals surface area contributed by atoms with Gasteiger partial charge in [-0.2, -0.15) is 0 Å². The lowest BCUT2D eigenvalue weighted by molar-refractivity contribution is -0.153. The molecule has 0 aliphatic heterocycles. The van der Waals surface area contributed by atoms with E-state index in [-0.39, 0.29) is 5.41 Å². The van der Waals surface area contributed by atoms with Crippen molar-refractivity contribution in [2.24, 2.45) is 0 Å². The number of hydrogen-bond acceptors (Lipinski definition) is 5. The highest BCUT2D eigenvalue weighted by Crippen LogP contribution is 2.22. The van der Waals surface area contributed by atoms with Gasteiger partial charge in [0.1, 0.15) is 6.54 Å². The minimum atomic E-state index is -1.75. The number of esters is 1. The number of carbonyl (C=O) groups excluding carboxylic acids is 4. The van der Waals surface area contributed by atoms with Gasteiger partial charge in [0.05, 0.1) is 12.2 Å². The first-order chi connectivity index (χ1) is 16.3. The van der Waals surface area contributed by atoms with Crippen molar-refractivity contribution in [1.29, 1.82) is 0 Å². The van der Waals surface area contributed by atoms with Gasteiger partial charge >= 0.3 is 5.97 Å². The van der Waals surface area contributed by atoms with Gasteiger partial charge in [0.2, 0.25) is 5.91 Å². The van der Waals surface area contributed by atoms with Crippen LogP contribution in [0.25, 0.3) is 0 Å². The fourth-order valence-electron chi connectivity index (χ4n) is 2.80. The second kappa shape index (κ2) is 11.5. The van der Waals surface area contributed by atoms with Gasteiger partial charge in [0.25, 0.3) is 11.8 Å². The second-order valence-electron chi connectivity index (χ2n) is 8.63. The minimum absolute atomic E-state index is 0.0781. The molecule has 0 aliphatic rings. The van der Waals surface area contributed by atoms with Crippen LogP contribution in [0, 0.1) is 17.5 Å². The van der Waals surface area contributed by atoms with Crippen LogP contribution in [0.5, 0.6) is 0 Å². The summed E-state index contributed by atoms with van der Waals surface area (Å²) in [4.78, 5) is 48.0. The molecule has 0 heterocycles. The van der Waals surface area contributed by atoms with Crippen molar-refractivity contribution < 1.29 is 37.1 Å². The first-order valence-electron chi connectivity index (χ1n) is 10.6. The summed E-state index contributed by atoms with van der Waals surface area (Å²) < 4.78 is 44.6. The van der Waals surface area contributed by atoms with E-state index in [0.717, 1.165) is 11.6 Å². The van der Waals surface area contributed by atoms with Gasteiger partial charge in [-0.3, -0.25) is 19.2 Å². The van der Waals surface area contributed by atoms with Crippen molar-refractivity contribution in [3.8, 4) is 0 Å². The molecule has 1 unspecified atom stereocenters. The number of ether oxygens (including phenoxy) is 1. The highest BCUT2D eigenvalue weighted by molar-refractivity contribution is 5.97. The first-order valence-corrected chi connectivity index (χ1v) is 10.6. The predicted molar refractivity (Wildman–Crippen MR) is 121 cm³/mol. The maximum atomic E-state index is 13.6. The van der Waals surface area contributed by atoms with Crippen LogP contribution in [0.4, 0.5) is 18.9 Å². The fraction of sp³-hybridized carbons (Fsp3) is 0.333. The molecule has 0 aromatic heterocycles. The molecule has 0 saturated heterocycles. The largest absolute Gasteiger partial charge is 0.451 e. The Morgan fingerprint density at radius 2 is 1.51 bits per heavy atom. The molecule has 0 saturated carbocycles. The third kappa shape index (κ3) is 7.83. The third-order valence-corrected chi connectivity index (χ3v) is 4.82. The smallest absolute Gasteiger partial charge is 0.326 e. The van der Waals surface area contributed by atoms with Crippen LogP contribution in [0.15, 0.2) is 36.4 Å². The summed E-state index contributed by atoms with van der Waals surface area (Å²) in [5.41, 5.74) is 0.703. The lowest BCUT2D eigenvalue weighted by Gasteiger charge is -2.19. The Bertz CT molecular complexity index is 1110. The van der Waals surface area contributed by atoms with E-state index in [1.54, 1.807) is 12.1 Å². The molecule has 3 N–H and O–H groups in total. The predicted octanol–water partition coefficient (Wildman–Crippen LogP) is 2.82. The van der Waals surface area contributed by atoms with Gasteiger partial charge in [-0.05, 0) is 42.2 Å². The zero-order valence-corrected chi connectivity index (χ0v) is 19.6. The van der Waals surface area contributed by atoms with E-state index in [4.69, 9.17) is 4.74 Å². The van der Waals surface area contributed by atoms with Crippen LogP contribution < -0.4 is 16.0 Å². The van der Waals surface area contributed by atoms with Crippen molar-refractivity contribution in [3.05, 3.63) is 65.0 Å². The molecule has 11 heteroatoms. The normalized spacial score (nSPS) is 11.9. The SMILES string of the molecule is CC(OC(=O)CNC(=O)c1ccc(C(C)(C)C)cc1)C(=O)NCC(=O)Nc1ccc(F)c(F)c1F. The number of nitrogens with one attached hydrogen (secondary N) is 3. The zero-order valence-electron chi connectivity index (χ0n) is 19.6. The Balaban J connectivity index is 1.77. The van der Waals surface area contributed by atoms with Crippen LogP contribution in [-0.2, 0) is 24.5 Å². The topological polar surface area (TPSA) is 114 Å². The highest BCUT2D eigenvalue weighted by atomic mass is 19.2. The number of rotatable bonds is 8. The highest BCUT2D eigenvalue weighted by Gasteiger charge is 2.20. The lowest BCUT2D eigenvalue weighted by atomic mass is 9.87. The number of anilines is 1. The molecule has 1 atom stereocenters. The summed E-state index contributed by atoms with van der Waals surface area (Å²) in [6, 6.07) is 8.36. The quantitative estimate of drug-likeness (QED) is 0.387. The molecule has 0 radical (unpaired) electrons. The Kier molecular flexibility index (Phi) is 8.99. The molecule has 3 amide bonds. The first kappa shape index (κ1) is 27.4. The number of halogens is 3. The monoisotopic (exact) mass is 493 g/mol. The summed E-state index contributed by atoms with van der Waals surface area (Å²) in [7, 11) is 0. The van der Waals surface area contributed by atoms with Gasteiger partial charge < -0.3 is 20.7 Å². The van der Waals surface area contributed by atoms with E-state index >= 15 is 0 Å². The zero-order chi connectivity index (χ0) is 26.3. The number of hydrogen-bond donors (Lipinski definition) is 3. The summed E-state index contributed by atoms with van der Waals surface area (Å²) >= 11 is 0. The molecule has 0 fully saturated rings. The minimum Gasteiger partial charge on any atom is -0.451 e. The molecule has 2 aromatic carbocycles. The van der Waals surface area contributed by atoms with E-state index in [1.165, 1.54) is 6.92 Å². The molecule has 188 valence electrons. The van der Waals surface area contributed by atoms with Crippen LogP contribution in [0.2, 0.25) is 0 Å². The van der Waals surface area contributed by atoms with Crippen LogP contribution >= 0.6 is 0 Å². The molecular weight excluding hydrogens is 467 g/mol. The Hall–Kier alpha value is -3.89. The lowest BCUT2D eigenvalue weighted by Crippen LogP contribution is -2.41. The van der Waals surface area contributed by atoms with E-state index < -0.39 is 66.0 Å². The average molecular weight is 493 g/mol. The van der Waals surface area contributed by atoms with Crippen molar-refractivity contribution in [3.63, 3.8) is 0 Å². The van der Waals surface area contributed by atoms with Gasteiger partial charge in [-0.15, -0.1) is 0 Å². The fourth-order valence-corrected chi connectivity index (χ4v) is 2.80. The van der Waals surface area contributed by atoms with Crippen molar-refractivity contribution >= 4 is 29.4 Å². The van der Waals surface area contributed by atoms with Gasteiger partial charge in [-0.1, -0.05) is 32.9 Å². The van der Waals surface area contributed by atoms with E-state index in [1.807, 2.05) is 38.2 Å². The van der Waals surface area contributed by atoms with Crippen molar-refractivity contribution in [2.75, 3.05) is 18.4 Å². The maximum absolute atomic E-state index is 13.6. The average Bonchev–Trinajstić information content (AvgIpc) is 2.80. The molecular formula is C24H26F3N3O5. The Morgan fingerprint density at radius 3 is 2.11 bits per heavy atom. The summed E-state index contributed by atoms with van der Waals surface area (Å²) in [5.74, 6) is -7.91. The number of carbonyl (C=O) groups is 4. The van der Waals surface area contributed by atoms with Gasteiger partial charge in [-0.25, -0.2) is 13.2 Å². The molecule has 0 spiro atoms. The molecule has 0 bridgehead atoms. The maximum Gasteiger partial charge on any atom is 0.326 e. The van der Waals surface area contributed by atoms with Crippen molar-refractivity contribution in [1.82, 2.24) is 10.6 Å². The van der Waals surface area contributed by atoms with Crippen LogP contribution in [0.3, 0.4) is 0 Å². The molecule has 2 aromatic rings. The molecule has 8 nitrogen and oxygen atoms in total. The standard InChI is InChI=1S/C24H26F3N3O5/c1-13(22(33)28-11-18(31)30-17-10-9-16(25)20(26)21(17)27)35-19(32)12-29-23(34)14-5-7-15(8-6-14)24(2,3)4/h5-10,13H,11-12H2,1-4H3,(H,28,33)(H,29,34)(H,30,31). The Morgan fingerprint density at radius 1 is 0.886 bits per heavy atom. The Labute approximate surface area is 200 Å². The molecule has 35 heavy (non-hydrogen) atoms.